The van der Waals surface area contributed by atoms with Gasteiger partial charge in [-0.1, -0.05) is 12.1 Å². The first-order chi connectivity index (χ1) is 14.0. The molecule has 2 aliphatic rings. The van der Waals surface area contributed by atoms with Crippen LogP contribution in [-0.2, 0) is 14.4 Å². The minimum atomic E-state index is -0.250. The Morgan fingerprint density at radius 1 is 1.31 bits per heavy atom. The van der Waals surface area contributed by atoms with Gasteiger partial charge in [-0.2, -0.15) is 0 Å². The van der Waals surface area contributed by atoms with Gasteiger partial charge in [0.1, 0.15) is 10.8 Å². The molecule has 3 aromatic rings. The molecule has 0 saturated carbocycles. The fraction of sp³-hybridized carbons (Fsp3) is 0.200. The number of anilines is 2. The van der Waals surface area contributed by atoms with Crippen LogP contribution in [0.3, 0.4) is 0 Å². The second kappa shape index (κ2) is 7.51. The first-order valence-electron chi connectivity index (χ1n) is 8.82. The Morgan fingerprint density at radius 3 is 2.83 bits per heavy atom. The van der Waals surface area contributed by atoms with Crippen molar-refractivity contribution in [2.75, 3.05) is 23.9 Å². The van der Waals surface area contributed by atoms with Crippen molar-refractivity contribution in [2.45, 2.75) is 12.3 Å². The summed E-state index contributed by atoms with van der Waals surface area (Å²) in [6, 6.07) is 11.7. The number of ether oxygens (including phenoxy) is 1. The lowest BCUT2D eigenvalue weighted by Crippen LogP contribution is -2.36. The average Bonchev–Trinajstić information content (AvgIpc) is 3.14. The number of aromatic nitrogens is 1. The molecule has 148 valence electrons. The zero-order valence-corrected chi connectivity index (χ0v) is 16.2. The van der Waals surface area contributed by atoms with Gasteiger partial charge in [0.05, 0.1) is 15.9 Å². The normalized spacial score (nSPS) is 17.4. The lowest BCUT2D eigenvalue weighted by Gasteiger charge is -2.31. The van der Waals surface area contributed by atoms with Crippen LogP contribution in [0.2, 0.25) is 0 Å². The molecule has 5 rings (SSSR count). The van der Waals surface area contributed by atoms with Gasteiger partial charge in [-0.3, -0.25) is 14.4 Å². The minimum absolute atomic E-state index is 0.0114. The zero-order valence-electron chi connectivity index (χ0n) is 15.4. The van der Waals surface area contributed by atoms with Gasteiger partial charge in [-0.05, 0) is 23.8 Å². The second-order valence-electron chi connectivity index (χ2n) is 6.58. The predicted molar refractivity (Wildman–Crippen MR) is 109 cm³/mol. The van der Waals surface area contributed by atoms with E-state index in [1.165, 1.54) is 0 Å². The predicted octanol–water partition coefficient (Wildman–Crippen LogP) is 2.83. The fourth-order valence-corrected chi connectivity index (χ4v) is 4.57. The van der Waals surface area contributed by atoms with E-state index in [0.717, 1.165) is 32.2 Å². The van der Waals surface area contributed by atoms with Crippen molar-refractivity contribution in [1.82, 2.24) is 4.98 Å². The summed E-state index contributed by atoms with van der Waals surface area (Å²) < 4.78 is 6.64. The number of nitrogens with one attached hydrogen (secondary N) is 1. The highest BCUT2D eigenvalue weighted by molar-refractivity contribution is 7.18. The van der Waals surface area contributed by atoms with Crippen LogP contribution in [0.4, 0.5) is 11.4 Å². The van der Waals surface area contributed by atoms with Crippen LogP contribution in [0, 0.1) is 0 Å². The van der Waals surface area contributed by atoms with Gasteiger partial charge in [0.2, 0.25) is 5.91 Å². The van der Waals surface area contributed by atoms with Gasteiger partial charge in [-0.25, -0.2) is 4.98 Å². The number of carboxylic acid groups (broad SMARTS) is 1. The van der Waals surface area contributed by atoms with Crippen molar-refractivity contribution in [3.8, 4) is 5.75 Å². The molecule has 1 atom stereocenters. The quantitative estimate of drug-likeness (QED) is 0.596. The van der Waals surface area contributed by atoms with Crippen LogP contribution >= 0.6 is 11.3 Å². The highest BCUT2D eigenvalue weighted by atomic mass is 32.1. The number of thiazole rings is 1. The molecule has 1 aromatic heterocycles. The molecule has 0 radical (unpaired) electrons. The maximum absolute atomic E-state index is 12.3. The molecule has 3 heterocycles. The smallest absolute Gasteiger partial charge is 0.290 e. The molecule has 8 nitrogen and oxygen atoms in total. The van der Waals surface area contributed by atoms with Crippen LogP contribution in [-0.4, -0.2) is 42.0 Å². The van der Waals surface area contributed by atoms with E-state index in [1.807, 2.05) is 36.4 Å². The molecule has 0 spiro atoms. The van der Waals surface area contributed by atoms with Crippen LogP contribution in [0.15, 0.2) is 36.4 Å². The van der Waals surface area contributed by atoms with Crippen molar-refractivity contribution >= 4 is 51.2 Å². The molecular formula is C20H17N3O5S. The summed E-state index contributed by atoms with van der Waals surface area (Å²) >= 11 is 1.61. The maximum Gasteiger partial charge on any atom is 0.290 e. The van der Waals surface area contributed by atoms with Gasteiger partial charge < -0.3 is 20.1 Å². The number of carbonyl (C=O) groups excluding carboxylic acids is 2. The average molecular weight is 411 g/mol. The molecule has 0 aliphatic carbocycles. The minimum Gasteiger partial charge on any atom is -0.483 e. The summed E-state index contributed by atoms with van der Waals surface area (Å²) in [4.78, 5) is 38.9. The number of hydrogen-bond acceptors (Lipinski definition) is 6. The largest absolute Gasteiger partial charge is 0.483 e. The highest BCUT2D eigenvalue weighted by Gasteiger charge is 2.32. The summed E-state index contributed by atoms with van der Waals surface area (Å²) in [5.41, 5.74) is 3.36. The van der Waals surface area contributed by atoms with E-state index in [9.17, 15) is 9.59 Å². The van der Waals surface area contributed by atoms with E-state index in [0.29, 0.717) is 12.2 Å². The first kappa shape index (κ1) is 18.9. The first-order valence-corrected chi connectivity index (χ1v) is 9.64. The molecule has 0 saturated heterocycles. The van der Waals surface area contributed by atoms with Gasteiger partial charge in [0, 0.05) is 31.1 Å². The molecule has 0 bridgehead atoms. The number of fused-ring (bicyclic) bond motifs is 3. The zero-order chi connectivity index (χ0) is 20.5. The summed E-state index contributed by atoms with van der Waals surface area (Å²) in [6.45, 7) is -0.239. The number of amides is 2. The van der Waals surface area contributed by atoms with E-state index in [1.54, 1.807) is 23.3 Å². The number of hydrogen-bond donors (Lipinski definition) is 2. The van der Waals surface area contributed by atoms with Gasteiger partial charge >= 0.3 is 0 Å². The van der Waals surface area contributed by atoms with Gasteiger partial charge in [-0.15, -0.1) is 11.3 Å². The Morgan fingerprint density at radius 2 is 2.07 bits per heavy atom. The number of carbonyl (C=O) groups is 3. The van der Waals surface area contributed by atoms with Crippen LogP contribution in [0.25, 0.3) is 10.2 Å². The molecule has 2 aromatic carbocycles. The fourth-order valence-electron chi connectivity index (χ4n) is 3.49. The Kier molecular flexibility index (Phi) is 4.89. The van der Waals surface area contributed by atoms with E-state index < -0.39 is 0 Å². The maximum atomic E-state index is 12.3. The Labute approximate surface area is 169 Å². The monoisotopic (exact) mass is 411 g/mol. The molecule has 0 fully saturated rings. The molecule has 2 N–H and O–H groups in total. The van der Waals surface area contributed by atoms with Crippen molar-refractivity contribution in [3.05, 3.63) is 47.0 Å². The van der Waals surface area contributed by atoms with E-state index >= 15 is 0 Å². The van der Waals surface area contributed by atoms with E-state index in [2.05, 4.69) is 5.32 Å². The lowest BCUT2D eigenvalue weighted by atomic mass is 9.90. The Hall–Kier alpha value is -3.46. The third-order valence-electron chi connectivity index (χ3n) is 4.87. The summed E-state index contributed by atoms with van der Waals surface area (Å²) in [5.74, 6) is 0.346. The topological polar surface area (TPSA) is 109 Å². The molecule has 9 heteroatoms. The van der Waals surface area contributed by atoms with Gasteiger partial charge in [0.25, 0.3) is 12.4 Å². The summed E-state index contributed by atoms with van der Waals surface area (Å²) in [7, 11) is 1.74. The molecule has 1 unspecified atom stereocenters. The third-order valence-corrected chi connectivity index (χ3v) is 6.02. The van der Waals surface area contributed by atoms with Gasteiger partial charge in [0.15, 0.2) is 6.61 Å². The Balaban J connectivity index is 0.000000645. The van der Waals surface area contributed by atoms with Crippen molar-refractivity contribution in [3.63, 3.8) is 0 Å². The van der Waals surface area contributed by atoms with Crippen LogP contribution < -0.4 is 15.0 Å². The SMILES string of the molecule is CN1C(=O)COc2cc3c(cc21)C(c1nc2ccccc2s1)CC(=O)N3.O=CO. The highest BCUT2D eigenvalue weighted by Crippen LogP contribution is 2.45. The van der Waals surface area contributed by atoms with Crippen molar-refractivity contribution < 1.29 is 24.2 Å². The number of likely N-dealkylation sites (N-methyl/N-ethyl adjacent to an activating group) is 1. The van der Waals surface area contributed by atoms with E-state index in [-0.39, 0.29) is 30.8 Å². The Bertz CT molecular complexity index is 1090. The standard InChI is InChI=1S/C19H15N3O3S.CH2O2/c1-22-14-6-10-11(19-21-12-4-2-3-5-16(12)26-19)7-17(23)20-13(10)8-15(14)25-9-18(22)24;2-1-3/h2-6,8,11H,7,9H2,1H3,(H,20,23);1H,(H,2,3). The number of para-hydroxylation sites is 1. The lowest BCUT2D eigenvalue weighted by molar-refractivity contribution is -0.123. The number of nitrogens with zero attached hydrogens (tertiary/aromatic N) is 2. The summed E-state index contributed by atoms with van der Waals surface area (Å²) in [6.07, 6.45) is 0.337. The second-order valence-corrected chi connectivity index (χ2v) is 7.64. The molecule has 2 aliphatic heterocycles. The molecule has 2 amide bonds. The molecular weight excluding hydrogens is 394 g/mol. The van der Waals surface area contributed by atoms with E-state index in [4.69, 9.17) is 19.6 Å². The number of benzene rings is 2. The number of rotatable bonds is 1. The van der Waals surface area contributed by atoms with Crippen molar-refractivity contribution in [2.24, 2.45) is 0 Å². The van der Waals surface area contributed by atoms with Crippen LogP contribution in [0.1, 0.15) is 22.9 Å². The summed E-state index contributed by atoms with van der Waals surface area (Å²) in [5, 5.41) is 10.7. The third kappa shape index (κ3) is 3.40. The molecule has 29 heavy (non-hydrogen) atoms. The van der Waals surface area contributed by atoms with Crippen molar-refractivity contribution in [1.29, 1.82) is 0 Å². The van der Waals surface area contributed by atoms with Crippen LogP contribution in [0.5, 0.6) is 5.75 Å².